The first-order chi connectivity index (χ1) is 9.63. The molecule has 0 fully saturated rings. The van der Waals surface area contributed by atoms with Gasteiger partial charge in [-0.3, -0.25) is 0 Å². The fourth-order valence-electron chi connectivity index (χ4n) is 1.24. The minimum atomic E-state index is -0.158. The zero-order chi connectivity index (χ0) is 14.4. The number of hydrogen-bond donors (Lipinski definition) is 2. The fraction of sp³-hybridized carbons (Fsp3) is 0. The van der Waals surface area contributed by atoms with Crippen LogP contribution in [0.15, 0.2) is 48.5 Å². The number of benzene rings is 2. The number of urea groups is 1. The van der Waals surface area contributed by atoms with Gasteiger partial charge in [-0.1, -0.05) is 0 Å². The normalized spacial score (nSPS) is 10.1. The molecule has 0 spiro atoms. The molecule has 2 N–H and O–H groups in total. The van der Waals surface area contributed by atoms with E-state index in [0.717, 1.165) is 8.92 Å². The first-order valence-corrected chi connectivity index (χ1v) is 9.72. The van der Waals surface area contributed by atoms with Gasteiger partial charge in [0.1, 0.15) is 0 Å². The summed E-state index contributed by atoms with van der Waals surface area (Å²) in [5.41, 5.74) is 0. The molecule has 0 saturated carbocycles. The number of nitrogens with one attached hydrogen (secondary N) is 2. The summed E-state index contributed by atoms with van der Waals surface area (Å²) in [5, 5.41) is 1.39. The van der Waals surface area contributed by atoms with E-state index in [-0.39, 0.29) is 36.4 Å². The molecule has 0 aliphatic heterocycles. The standard InChI is InChI=1S/C13H10Cl2N2OSe2/c14-9-1-5-11(6-2-9)19-16-13(18)17-20-12-7-3-10(15)4-8-12/h1-8H,(H2,16,17,18). The maximum atomic E-state index is 11.7. The van der Waals surface area contributed by atoms with E-state index in [0.29, 0.717) is 10.0 Å². The first kappa shape index (κ1) is 15.7. The van der Waals surface area contributed by atoms with Gasteiger partial charge in [-0.15, -0.1) is 0 Å². The van der Waals surface area contributed by atoms with Gasteiger partial charge < -0.3 is 0 Å². The summed E-state index contributed by atoms with van der Waals surface area (Å²) in [6.45, 7) is 0. The predicted octanol–water partition coefficient (Wildman–Crippen LogP) is 1.48. The van der Waals surface area contributed by atoms with E-state index < -0.39 is 0 Å². The van der Waals surface area contributed by atoms with Crippen LogP contribution in [0.25, 0.3) is 0 Å². The van der Waals surface area contributed by atoms with E-state index >= 15 is 0 Å². The Hall–Kier alpha value is -0.671. The molecule has 0 atom stereocenters. The van der Waals surface area contributed by atoms with Gasteiger partial charge in [0, 0.05) is 0 Å². The second-order valence-electron chi connectivity index (χ2n) is 3.65. The van der Waals surface area contributed by atoms with E-state index in [1.165, 1.54) is 0 Å². The van der Waals surface area contributed by atoms with Gasteiger partial charge in [0.25, 0.3) is 0 Å². The van der Waals surface area contributed by atoms with Crippen molar-refractivity contribution in [2.45, 2.75) is 0 Å². The van der Waals surface area contributed by atoms with Gasteiger partial charge in [-0.25, -0.2) is 0 Å². The van der Waals surface area contributed by atoms with Crippen molar-refractivity contribution in [3.63, 3.8) is 0 Å². The second-order valence-corrected chi connectivity index (χ2v) is 8.21. The summed E-state index contributed by atoms with van der Waals surface area (Å²) in [6.07, 6.45) is 0. The molecule has 0 saturated heterocycles. The van der Waals surface area contributed by atoms with Crippen molar-refractivity contribution in [1.82, 2.24) is 8.67 Å². The summed E-state index contributed by atoms with van der Waals surface area (Å²) in [4.78, 5) is 11.7. The summed E-state index contributed by atoms with van der Waals surface area (Å²) in [7, 11) is 0. The minimum absolute atomic E-state index is 0.106. The van der Waals surface area contributed by atoms with Crippen molar-refractivity contribution in [3.8, 4) is 0 Å². The Morgan fingerprint density at radius 1 is 0.750 bits per heavy atom. The summed E-state index contributed by atoms with van der Waals surface area (Å²) in [6, 6.07) is 14.7. The third-order valence-electron chi connectivity index (χ3n) is 2.15. The molecule has 3 nitrogen and oxygen atoms in total. The Balaban J connectivity index is 1.75. The monoisotopic (exact) mass is 440 g/mol. The third kappa shape index (κ3) is 5.37. The Morgan fingerprint density at radius 2 is 1.10 bits per heavy atom. The van der Waals surface area contributed by atoms with Crippen LogP contribution in [0.3, 0.4) is 0 Å². The molecule has 0 bridgehead atoms. The van der Waals surface area contributed by atoms with Crippen molar-refractivity contribution in [2.24, 2.45) is 0 Å². The number of carbonyl (C=O) groups excluding carboxylic acids is 1. The molecule has 2 aromatic carbocycles. The van der Waals surface area contributed by atoms with Crippen molar-refractivity contribution in [1.29, 1.82) is 0 Å². The molecule has 7 heteroatoms. The maximum absolute atomic E-state index is 11.7. The Kier molecular flexibility index (Phi) is 6.24. The number of halogens is 2. The zero-order valence-electron chi connectivity index (χ0n) is 10.1. The first-order valence-electron chi connectivity index (χ1n) is 5.54. The third-order valence-corrected chi connectivity index (χ3v) is 5.99. The average Bonchev–Trinajstić information content (AvgIpc) is 2.46. The topological polar surface area (TPSA) is 41.1 Å². The fourth-order valence-corrected chi connectivity index (χ4v) is 4.06. The van der Waals surface area contributed by atoms with Crippen LogP contribution in [-0.2, 0) is 0 Å². The zero-order valence-corrected chi connectivity index (χ0v) is 15.0. The Bertz CT molecular complexity index is 524. The van der Waals surface area contributed by atoms with E-state index in [9.17, 15) is 4.79 Å². The van der Waals surface area contributed by atoms with E-state index in [2.05, 4.69) is 8.67 Å². The van der Waals surface area contributed by atoms with Gasteiger partial charge in [0.2, 0.25) is 0 Å². The van der Waals surface area contributed by atoms with Crippen molar-refractivity contribution in [2.75, 3.05) is 0 Å². The van der Waals surface area contributed by atoms with Crippen LogP contribution in [0, 0.1) is 0 Å². The summed E-state index contributed by atoms with van der Waals surface area (Å²) >= 11 is 11.4. The molecule has 0 aliphatic carbocycles. The quantitative estimate of drug-likeness (QED) is 0.697. The molecule has 2 rings (SSSR count). The molecule has 2 aromatic rings. The van der Waals surface area contributed by atoms with Gasteiger partial charge in [-0.05, 0) is 0 Å². The number of hydrogen-bond acceptors (Lipinski definition) is 1. The molecular weight excluding hydrogens is 429 g/mol. The molecule has 104 valence electrons. The van der Waals surface area contributed by atoms with Gasteiger partial charge in [-0.2, -0.15) is 0 Å². The van der Waals surface area contributed by atoms with E-state index in [1.54, 1.807) is 0 Å². The van der Waals surface area contributed by atoms with Crippen molar-refractivity contribution < 1.29 is 4.79 Å². The van der Waals surface area contributed by atoms with Crippen LogP contribution < -0.4 is 17.6 Å². The van der Waals surface area contributed by atoms with Crippen LogP contribution in [-0.4, -0.2) is 36.4 Å². The molecule has 0 radical (unpaired) electrons. The van der Waals surface area contributed by atoms with Crippen molar-refractivity contribution >= 4 is 68.5 Å². The molecule has 0 heterocycles. The summed E-state index contributed by atoms with van der Waals surface area (Å²) < 4.78 is 7.85. The second kappa shape index (κ2) is 7.94. The number of amides is 2. The molecular formula is C13H10Cl2N2OSe2. The van der Waals surface area contributed by atoms with Crippen LogP contribution in [0.4, 0.5) is 4.79 Å². The van der Waals surface area contributed by atoms with Gasteiger partial charge >= 0.3 is 141 Å². The Labute approximate surface area is 140 Å². The molecule has 0 aliphatic rings. The Morgan fingerprint density at radius 3 is 1.45 bits per heavy atom. The van der Waals surface area contributed by atoms with Crippen molar-refractivity contribution in [3.05, 3.63) is 58.6 Å². The van der Waals surface area contributed by atoms with Crippen LogP contribution in [0.2, 0.25) is 10.0 Å². The molecule has 0 aromatic heterocycles. The van der Waals surface area contributed by atoms with Gasteiger partial charge in [0.05, 0.1) is 0 Å². The SMILES string of the molecule is O=C(N[Se]c1ccc(Cl)cc1)N[Se]c1ccc(Cl)cc1. The van der Waals surface area contributed by atoms with Gasteiger partial charge in [0.15, 0.2) is 0 Å². The average molecular weight is 439 g/mol. The van der Waals surface area contributed by atoms with Crippen LogP contribution in [0.1, 0.15) is 0 Å². The predicted molar refractivity (Wildman–Crippen MR) is 85.3 cm³/mol. The molecule has 2 amide bonds. The van der Waals surface area contributed by atoms with E-state index in [4.69, 9.17) is 23.2 Å². The van der Waals surface area contributed by atoms with E-state index in [1.807, 2.05) is 48.5 Å². The molecule has 20 heavy (non-hydrogen) atoms. The molecule has 0 unspecified atom stereocenters. The number of rotatable bonds is 4. The number of carbonyl (C=O) groups is 1. The van der Waals surface area contributed by atoms with Crippen LogP contribution in [0.5, 0.6) is 0 Å². The summed E-state index contributed by atoms with van der Waals surface area (Å²) in [5.74, 6) is 0. The van der Waals surface area contributed by atoms with Crippen LogP contribution >= 0.6 is 23.2 Å².